The van der Waals surface area contributed by atoms with Gasteiger partial charge in [0, 0.05) is 12.8 Å². The first-order valence-electron chi connectivity index (χ1n) is 10.1. The summed E-state index contributed by atoms with van der Waals surface area (Å²) in [5.41, 5.74) is 4.51. The molecule has 5 rings (SSSR count). The maximum absolute atomic E-state index is 13.0. The Morgan fingerprint density at radius 3 is 2.84 bits per heavy atom. The first kappa shape index (κ1) is 21.9. The molecule has 31 heavy (non-hydrogen) atoms. The number of hydrogen-bond acceptors (Lipinski definition) is 8. The Balaban J connectivity index is 1.77. The zero-order valence-corrected chi connectivity index (χ0v) is 22.3. The molecule has 1 aliphatic carbocycles. The zero-order chi connectivity index (χ0) is 22.0. The molecule has 1 N–H and O–H groups in total. The molecule has 3 aromatic rings. The third kappa shape index (κ3) is 3.60. The number of morpholine rings is 1. The molecule has 8 nitrogen and oxygen atoms in total. The van der Waals surface area contributed by atoms with E-state index >= 15 is 0 Å². The van der Waals surface area contributed by atoms with Crippen molar-refractivity contribution in [1.82, 2.24) is 18.9 Å². The largest absolute Gasteiger partial charge is 0.377 e. The van der Waals surface area contributed by atoms with Crippen LogP contribution in [0.3, 0.4) is 0 Å². The quantitative estimate of drug-likeness (QED) is 0.346. The molecule has 166 valence electrons. The predicted octanol–water partition coefficient (Wildman–Crippen LogP) is 4.55. The van der Waals surface area contributed by atoms with E-state index in [2.05, 4.69) is 45.0 Å². The lowest BCUT2D eigenvalue weighted by Crippen LogP contribution is -2.44. The number of nitrogens with zero attached hydrogens (tertiary/aromatic N) is 5. The van der Waals surface area contributed by atoms with Gasteiger partial charge in [0.15, 0.2) is 0 Å². The highest BCUT2D eigenvalue weighted by Crippen LogP contribution is 2.56. The SMILES string of the molecule is Cc1cc(-c2nsc3c(C4(S(C)(=N)=O)CC4)cc(N4CCOC[C@H]4C)nc23)n(PI)n1. The molecule has 3 atom stereocenters. The van der Waals surface area contributed by atoms with Crippen LogP contribution >= 0.6 is 39.9 Å². The molecule has 0 amide bonds. The van der Waals surface area contributed by atoms with E-state index in [0.717, 1.165) is 58.1 Å². The van der Waals surface area contributed by atoms with Crippen LogP contribution in [0.15, 0.2) is 12.1 Å². The zero-order valence-electron chi connectivity index (χ0n) is 17.5. The summed E-state index contributed by atoms with van der Waals surface area (Å²) in [6.07, 6.45) is 3.56. The van der Waals surface area contributed by atoms with Gasteiger partial charge in [-0.05, 0) is 78.0 Å². The van der Waals surface area contributed by atoms with E-state index in [0.29, 0.717) is 19.6 Å². The van der Waals surface area contributed by atoms with E-state index in [1.165, 1.54) is 11.5 Å². The summed E-state index contributed by atoms with van der Waals surface area (Å²) in [6, 6.07) is 4.31. The first-order valence-corrected chi connectivity index (χ1v) is 16.9. The fourth-order valence-electron chi connectivity index (χ4n) is 4.34. The number of ether oxygens (including phenoxy) is 1. The number of aryl methyl sites for hydroxylation is 1. The molecule has 1 aliphatic heterocycles. The monoisotopic (exact) mass is 590 g/mol. The molecular formula is C19H24IN6O2PS2. The highest BCUT2D eigenvalue weighted by molar-refractivity contribution is 14.2. The second kappa shape index (κ2) is 7.86. The van der Waals surface area contributed by atoms with Crippen molar-refractivity contribution in [1.29, 1.82) is 4.78 Å². The minimum Gasteiger partial charge on any atom is -0.377 e. The molecule has 2 unspecified atom stereocenters. The standard InChI is InChI=1S/C19H24IN6O2PS2/c1-11-8-14(26(23-11)29-20)16-17-18(30-24-16)13(19(4-5-19)31(3,21)27)9-15(22-17)25-6-7-28-10-12(25)2/h8-9,12,21,29H,4-7,10H2,1-3H3/t12-,31?/m1/s1. The molecule has 12 heteroatoms. The summed E-state index contributed by atoms with van der Waals surface area (Å²) in [7, 11) is -2.77. The van der Waals surface area contributed by atoms with Crippen LogP contribution in [0.2, 0.25) is 0 Å². The smallest absolute Gasteiger partial charge is 0.130 e. The Labute approximate surface area is 200 Å². The van der Waals surface area contributed by atoms with E-state index in [9.17, 15) is 4.21 Å². The van der Waals surface area contributed by atoms with Crippen LogP contribution in [-0.2, 0) is 19.2 Å². The summed E-state index contributed by atoms with van der Waals surface area (Å²) in [5, 5.41) is 4.59. The van der Waals surface area contributed by atoms with Crippen molar-refractivity contribution in [3.63, 3.8) is 0 Å². The summed E-state index contributed by atoms with van der Waals surface area (Å²) in [5.74, 6) is 0.856. The Morgan fingerprint density at radius 1 is 1.42 bits per heavy atom. The maximum Gasteiger partial charge on any atom is 0.130 e. The van der Waals surface area contributed by atoms with Crippen LogP contribution < -0.4 is 4.90 Å². The Bertz CT molecular complexity index is 1270. The van der Waals surface area contributed by atoms with E-state index < -0.39 is 14.5 Å². The second-order valence-electron chi connectivity index (χ2n) is 8.36. The average molecular weight is 590 g/mol. The summed E-state index contributed by atoms with van der Waals surface area (Å²) >= 11 is 3.72. The van der Waals surface area contributed by atoms with Crippen LogP contribution in [0, 0.1) is 11.7 Å². The highest BCUT2D eigenvalue weighted by atomic mass is 127. The topological polar surface area (TPSA) is 97.0 Å². The predicted molar refractivity (Wildman–Crippen MR) is 136 cm³/mol. The summed E-state index contributed by atoms with van der Waals surface area (Å²) in [4.78, 5) is 7.34. The maximum atomic E-state index is 13.0. The molecule has 1 saturated heterocycles. The van der Waals surface area contributed by atoms with Gasteiger partial charge in [-0.1, -0.05) is 0 Å². The number of hydrogen-bond donors (Lipinski definition) is 1. The molecule has 1 saturated carbocycles. The Morgan fingerprint density at radius 2 is 2.19 bits per heavy atom. The summed E-state index contributed by atoms with van der Waals surface area (Å²) < 4.78 is 34.2. The van der Waals surface area contributed by atoms with Gasteiger partial charge in [-0.15, -0.1) is 0 Å². The van der Waals surface area contributed by atoms with Crippen molar-refractivity contribution < 1.29 is 8.95 Å². The number of halogens is 1. The van der Waals surface area contributed by atoms with Crippen LogP contribution in [0.4, 0.5) is 5.82 Å². The minimum atomic E-state index is -2.77. The van der Waals surface area contributed by atoms with Crippen molar-refractivity contribution in [2.24, 2.45) is 0 Å². The van der Waals surface area contributed by atoms with Crippen molar-refractivity contribution in [3.05, 3.63) is 23.4 Å². The third-order valence-corrected chi connectivity index (χ3v) is 11.0. The highest BCUT2D eigenvalue weighted by Gasteiger charge is 2.53. The fraction of sp³-hybridized carbons (Fsp3) is 0.526. The third-order valence-electron chi connectivity index (χ3n) is 6.17. The lowest BCUT2D eigenvalue weighted by atomic mass is 10.1. The molecule has 2 fully saturated rings. The van der Waals surface area contributed by atoms with Gasteiger partial charge in [0.25, 0.3) is 0 Å². The minimum absolute atomic E-state index is 0.197. The molecule has 0 aromatic carbocycles. The van der Waals surface area contributed by atoms with Gasteiger partial charge >= 0.3 is 0 Å². The average Bonchev–Trinajstić information content (AvgIpc) is 3.32. The molecule has 0 bridgehead atoms. The van der Waals surface area contributed by atoms with Gasteiger partial charge in [-0.3, -0.25) is 4.78 Å². The van der Waals surface area contributed by atoms with Crippen molar-refractivity contribution >= 4 is 65.7 Å². The van der Waals surface area contributed by atoms with Crippen molar-refractivity contribution in [2.45, 2.75) is 37.5 Å². The molecule has 4 heterocycles. The lowest BCUT2D eigenvalue weighted by Gasteiger charge is -2.35. The molecule has 0 spiro atoms. The van der Waals surface area contributed by atoms with E-state index in [-0.39, 0.29) is 6.04 Å². The number of pyridine rings is 1. The first-order chi connectivity index (χ1) is 14.7. The van der Waals surface area contributed by atoms with Gasteiger partial charge in [0.05, 0.1) is 56.2 Å². The molecule has 3 aromatic heterocycles. The van der Waals surface area contributed by atoms with Gasteiger partial charge in [-0.25, -0.2) is 13.6 Å². The van der Waals surface area contributed by atoms with E-state index in [1.54, 1.807) is 6.26 Å². The van der Waals surface area contributed by atoms with Gasteiger partial charge in [-0.2, -0.15) is 9.47 Å². The number of aromatic nitrogens is 4. The van der Waals surface area contributed by atoms with E-state index in [1.807, 2.05) is 17.4 Å². The molecular weight excluding hydrogens is 566 g/mol. The fourth-order valence-corrected chi connectivity index (χ4v) is 8.37. The number of fused-ring (bicyclic) bond motifs is 1. The number of nitrogens with one attached hydrogen (secondary N) is 1. The lowest BCUT2D eigenvalue weighted by molar-refractivity contribution is 0.0985. The van der Waals surface area contributed by atoms with Crippen LogP contribution in [-0.4, -0.2) is 55.2 Å². The van der Waals surface area contributed by atoms with Crippen LogP contribution in [0.5, 0.6) is 0 Å². The number of rotatable bonds is 5. The Hall–Kier alpha value is -0.880. The van der Waals surface area contributed by atoms with Gasteiger partial charge < -0.3 is 9.64 Å². The van der Waals surface area contributed by atoms with Crippen LogP contribution in [0.1, 0.15) is 31.0 Å². The van der Waals surface area contributed by atoms with Crippen LogP contribution in [0.25, 0.3) is 21.6 Å². The second-order valence-corrected chi connectivity index (χ2v) is 13.6. The van der Waals surface area contributed by atoms with Gasteiger partial charge in [0.2, 0.25) is 0 Å². The molecule has 0 radical (unpaired) electrons. The van der Waals surface area contributed by atoms with Crippen molar-refractivity contribution in [2.75, 3.05) is 30.9 Å². The number of anilines is 1. The van der Waals surface area contributed by atoms with E-state index in [4.69, 9.17) is 18.9 Å². The Kier molecular flexibility index (Phi) is 5.56. The normalized spacial score (nSPS) is 23.0. The van der Waals surface area contributed by atoms with Crippen molar-refractivity contribution in [3.8, 4) is 11.4 Å². The molecule has 2 aliphatic rings. The summed E-state index contributed by atoms with van der Waals surface area (Å²) in [6.45, 7) is 6.18. The van der Waals surface area contributed by atoms with Gasteiger partial charge in [0.1, 0.15) is 17.0 Å².